The Bertz CT molecular complexity index is 612. The van der Waals surface area contributed by atoms with Gasteiger partial charge in [-0.05, 0) is 40.9 Å². The van der Waals surface area contributed by atoms with Gasteiger partial charge in [0.15, 0.2) is 0 Å². The highest BCUT2D eigenvalue weighted by Gasteiger charge is 2.23. The van der Waals surface area contributed by atoms with Crippen LogP contribution >= 0.6 is 27.7 Å². The van der Waals surface area contributed by atoms with E-state index in [1.54, 1.807) is 11.8 Å². The molecular formula is C16H18BrN3S. The molecule has 21 heavy (non-hydrogen) atoms. The molecule has 3 rings (SSSR count). The normalized spacial score (nSPS) is 15.5. The van der Waals surface area contributed by atoms with Gasteiger partial charge in [-0.3, -0.25) is 0 Å². The van der Waals surface area contributed by atoms with Gasteiger partial charge in [-0.2, -0.15) is 0 Å². The Hall–Kier alpha value is -1.07. The van der Waals surface area contributed by atoms with Gasteiger partial charge in [-0.1, -0.05) is 31.0 Å². The van der Waals surface area contributed by atoms with Crippen LogP contribution < -0.4 is 5.73 Å². The third kappa shape index (κ3) is 3.58. The van der Waals surface area contributed by atoms with Gasteiger partial charge in [0.25, 0.3) is 0 Å². The zero-order valence-electron chi connectivity index (χ0n) is 11.8. The standard InChI is InChI=1S/C16H18BrN3S/c17-14-15(11-6-4-5-7-11)19-13(20-16(14)18)10-21-12-8-2-1-3-9-12/h1-3,8-9,11H,4-7,10H2,(H2,18,19,20). The number of hydrogen-bond acceptors (Lipinski definition) is 4. The van der Waals surface area contributed by atoms with Crippen molar-refractivity contribution in [3.8, 4) is 0 Å². The van der Waals surface area contributed by atoms with E-state index in [9.17, 15) is 0 Å². The molecular weight excluding hydrogens is 346 g/mol. The molecule has 0 bridgehead atoms. The summed E-state index contributed by atoms with van der Waals surface area (Å²) in [5.74, 6) is 2.67. The number of anilines is 1. The summed E-state index contributed by atoms with van der Waals surface area (Å²) < 4.78 is 0.892. The fourth-order valence-corrected chi connectivity index (χ4v) is 4.01. The van der Waals surface area contributed by atoms with Crippen LogP contribution in [0, 0.1) is 0 Å². The second-order valence-electron chi connectivity index (χ2n) is 5.31. The molecule has 1 aliphatic carbocycles. The van der Waals surface area contributed by atoms with E-state index in [2.05, 4.69) is 33.0 Å². The van der Waals surface area contributed by atoms with Crippen molar-refractivity contribution >= 4 is 33.5 Å². The molecule has 0 aliphatic heterocycles. The molecule has 0 amide bonds. The molecule has 1 fully saturated rings. The van der Waals surface area contributed by atoms with Gasteiger partial charge < -0.3 is 5.73 Å². The fourth-order valence-electron chi connectivity index (χ4n) is 2.73. The Morgan fingerprint density at radius 3 is 2.57 bits per heavy atom. The third-order valence-corrected chi connectivity index (χ3v) is 5.62. The predicted molar refractivity (Wildman–Crippen MR) is 91.4 cm³/mol. The highest BCUT2D eigenvalue weighted by atomic mass is 79.9. The van der Waals surface area contributed by atoms with Crippen LogP contribution in [0.15, 0.2) is 39.7 Å². The lowest BCUT2D eigenvalue weighted by atomic mass is 10.0. The highest BCUT2D eigenvalue weighted by Crippen LogP contribution is 2.38. The summed E-state index contributed by atoms with van der Waals surface area (Å²) in [4.78, 5) is 10.4. The average molecular weight is 364 g/mol. The first-order valence-electron chi connectivity index (χ1n) is 7.23. The summed E-state index contributed by atoms with van der Waals surface area (Å²) in [5.41, 5.74) is 7.15. The summed E-state index contributed by atoms with van der Waals surface area (Å²) in [7, 11) is 0. The maximum atomic E-state index is 6.05. The monoisotopic (exact) mass is 363 g/mol. The van der Waals surface area contributed by atoms with Crippen LogP contribution in [0.2, 0.25) is 0 Å². The Morgan fingerprint density at radius 2 is 1.86 bits per heavy atom. The zero-order chi connectivity index (χ0) is 14.7. The lowest BCUT2D eigenvalue weighted by Crippen LogP contribution is -2.07. The smallest absolute Gasteiger partial charge is 0.141 e. The molecule has 3 nitrogen and oxygen atoms in total. The van der Waals surface area contributed by atoms with Crippen LogP contribution in [0.4, 0.5) is 5.82 Å². The topological polar surface area (TPSA) is 51.8 Å². The highest BCUT2D eigenvalue weighted by molar-refractivity contribution is 9.10. The molecule has 2 N–H and O–H groups in total. The summed E-state index contributed by atoms with van der Waals surface area (Å²) >= 11 is 5.31. The van der Waals surface area contributed by atoms with Crippen LogP contribution in [-0.2, 0) is 5.75 Å². The van der Waals surface area contributed by atoms with E-state index in [1.807, 2.05) is 18.2 Å². The van der Waals surface area contributed by atoms with Crippen LogP contribution in [0.25, 0.3) is 0 Å². The van der Waals surface area contributed by atoms with Crippen molar-refractivity contribution in [3.63, 3.8) is 0 Å². The van der Waals surface area contributed by atoms with Gasteiger partial charge in [-0.25, -0.2) is 9.97 Å². The number of hydrogen-bond donors (Lipinski definition) is 1. The van der Waals surface area contributed by atoms with Gasteiger partial charge in [0.1, 0.15) is 11.6 Å². The number of nitrogen functional groups attached to an aromatic ring is 1. The maximum absolute atomic E-state index is 6.05. The van der Waals surface area contributed by atoms with Crippen molar-refractivity contribution in [2.24, 2.45) is 0 Å². The summed E-state index contributed by atoms with van der Waals surface area (Å²) in [5, 5.41) is 0. The van der Waals surface area contributed by atoms with Crippen molar-refractivity contribution in [2.75, 3.05) is 5.73 Å². The molecule has 0 radical (unpaired) electrons. The lowest BCUT2D eigenvalue weighted by molar-refractivity contribution is 0.684. The zero-order valence-corrected chi connectivity index (χ0v) is 14.2. The van der Waals surface area contributed by atoms with E-state index in [0.29, 0.717) is 11.7 Å². The Kier molecular flexibility index (Phi) is 4.80. The molecule has 1 saturated carbocycles. The Morgan fingerprint density at radius 1 is 1.14 bits per heavy atom. The van der Waals surface area contributed by atoms with Crippen molar-refractivity contribution in [3.05, 3.63) is 46.3 Å². The Balaban J connectivity index is 1.79. The molecule has 0 unspecified atom stereocenters. The average Bonchev–Trinajstić information content (AvgIpc) is 3.03. The first-order valence-corrected chi connectivity index (χ1v) is 9.01. The van der Waals surface area contributed by atoms with Gasteiger partial charge >= 0.3 is 0 Å². The minimum Gasteiger partial charge on any atom is -0.383 e. The maximum Gasteiger partial charge on any atom is 0.141 e. The minimum absolute atomic E-state index is 0.533. The van der Waals surface area contributed by atoms with Gasteiger partial charge in [0, 0.05) is 10.8 Å². The number of nitrogens with zero attached hydrogens (tertiary/aromatic N) is 2. The number of benzene rings is 1. The number of nitrogens with two attached hydrogens (primary N) is 1. The second-order valence-corrected chi connectivity index (χ2v) is 7.15. The number of aromatic nitrogens is 2. The minimum atomic E-state index is 0.533. The third-order valence-electron chi connectivity index (χ3n) is 3.80. The van der Waals surface area contributed by atoms with Crippen molar-refractivity contribution in [1.82, 2.24) is 9.97 Å². The first-order chi connectivity index (χ1) is 10.2. The molecule has 5 heteroatoms. The molecule has 0 spiro atoms. The fraction of sp³-hybridized carbons (Fsp3) is 0.375. The van der Waals surface area contributed by atoms with Crippen LogP contribution in [0.1, 0.15) is 43.1 Å². The van der Waals surface area contributed by atoms with Crippen LogP contribution in [0.3, 0.4) is 0 Å². The largest absolute Gasteiger partial charge is 0.383 e. The summed E-state index contributed by atoms with van der Waals surface area (Å²) in [6.07, 6.45) is 4.99. The summed E-state index contributed by atoms with van der Waals surface area (Å²) in [6, 6.07) is 10.3. The van der Waals surface area contributed by atoms with E-state index in [4.69, 9.17) is 10.7 Å². The Labute approximate surface area is 137 Å². The van der Waals surface area contributed by atoms with Crippen molar-refractivity contribution < 1.29 is 0 Å². The van der Waals surface area contributed by atoms with E-state index in [0.717, 1.165) is 21.7 Å². The number of rotatable bonds is 4. The number of thioether (sulfide) groups is 1. The van der Waals surface area contributed by atoms with Gasteiger partial charge in [0.2, 0.25) is 0 Å². The molecule has 1 aliphatic rings. The molecule has 2 aromatic rings. The van der Waals surface area contributed by atoms with E-state index in [-0.39, 0.29) is 0 Å². The molecule has 110 valence electrons. The quantitative estimate of drug-likeness (QED) is 0.794. The summed E-state index contributed by atoms with van der Waals surface area (Å²) in [6.45, 7) is 0. The lowest BCUT2D eigenvalue weighted by Gasteiger charge is -2.13. The van der Waals surface area contributed by atoms with Gasteiger partial charge in [-0.15, -0.1) is 11.8 Å². The molecule has 1 heterocycles. The first kappa shape index (κ1) is 14.9. The van der Waals surface area contributed by atoms with Crippen molar-refractivity contribution in [2.45, 2.75) is 42.2 Å². The molecule has 0 atom stereocenters. The van der Waals surface area contributed by atoms with E-state index >= 15 is 0 Å². The van der Waals surface area contributed by atoms with E-state index < -0.39 is 0 Å². The van der Waals surface area contributed by atoms with Crippen LogP contribution in [0.5, 0.6) is 0 Å². The predicted octanol–water partition coefficient (Wildman–Crippen LogP) is 4.77. The number of halogens is 1. The van der Waals surface area contributed by atoms with Crippen molar-refractivity contribution in [1.29, 1.82) is 0 Å². The van der Waals surface area contributed by atoms with E-state index in [1.165, 1.54) is 30.6 Å². The SMILES string of the molecule is Nc1nc(CSc2ccccc2)nc(C2CCCC2)c1Br. The molecule has 1 aromatic heterocycles. The molecule has 0 saturated heterocycles. The molecule has 1 aromatic carbocycles. The van der Waals surface area contributed by atoms with Crippen LogP contribution in [-0.4, -0.2) is 9.97 Å². The second kappa shape index (κ2) is 6.79. The van der Waals surface area contributed by atoms with Gasteiger partial charge in [0.05, 0.1) is 15.9 Å².